The Hall–Kier alpha value is -0.870. The molecule has 0 aromatic carbocycles. The Morgan fingerprint density at radius 2 is 2.21 bits per heavy atom. The number of aliphatic hydroxyl groups is 1. The Morgan fingerprint density at radius 3 is 2.64 bits per heavy atom. The Morgan fingerprint density at radius 1 is 1.50 bits per heavy atom. The molecule has 4 heteroatoms. The zero-order valence-corrected chi connectivity index (χ0v) is 8.91. The average Bonchev–Trinajstić information content (AvgIpc) is 2.66. The number of hydrogen-bond acceptors (Lipinski definition) is 3. The largest absolute Gasteiger partial charge is 0.391 e. The van der Waals surface area contributed by atoms with E-state index >= 15 is 0 Å². The van der Waals surface area contributed by atoms with Crippen molar-refractivity contribution in [1.82, 2.24) is 15.1 Å². The fourth-order valence-electron chi connectivity index (χ4n) is 2.00. The Kier molecular flexibility index (Phi) is 2.33. The third-order valence-electron chi connectivity index (χ3n) is 3.15. The minimum Gasteiger partial charge on any atom is -0.391 e. The number of aliphatic hydroxyl groups excluding tert-OH is 1. The maximum Gasteiger partial charge on any atom is 0.0852 e. The summed E-state index contributed by atoms with van der Waals surface area (Å²) < 4.78 is 1.87. The average molecular weight is 195 g/mol. The molecule has 1 aliphatic heterocycles. The van der Waals surface area contributed by atoms with Gasteiger partial charge < -0.3 is 10.4 Å². The predicted octanol–water partition coefficient (Wildman–Crippen LogP) is 0.432. The van der Waals surface area contributed by atoms with Crippen LogP contribution in [-0.2, 0) is 7.05 Å². The van der Waals surface area contributed by atoms with Gasteiger partial charge in [-0.25, -0.2) is 0 Å². The first kappa shape index (κ1) is 9.68. The molecule has 1 saturated heterocycles. The van der Waals surface area contributed by atoms with Crippen molar-refractivity contribution in [3.8, 4) is 0 Å². The van der Waals surface area contributed by atoms with E-state index in [-0.39, 0.29) is 12.1 Å². The number of nitrogens with one attached hydrogen (secondary N) is 1. The van der Waals surface area contributed by atoms with E-state index in [1.54, 1.807) is 0 Å². The molecule has 1 aliphatic rings. The van der Waals surface area contributed by atoms with Gasteiger partial charge in [-0.2, -0.15) is 5.10 Å². The lowest BCUT2D eigenvalue weighted by Crippen LogP contribution is -2.22. The van der Waals surface area contributed by atoms with Gasteiger partial charge in [-0.1, -0.05) is 0 Å². The fraction of sp³-hybridized carbons (Fsp3) is 0.700. The van der Waals surface area contributed by atoms with Gasteiger partial charge in [0.2, 0.25) is 0 Å². The van der Waals surface area contributed by atoms with Gasteiger partial charge in [0.05, 0.1) is 17.8 Å². The number of aromatic nitrogens is 2. The van der Waals surface area contributed by atoms with Crippen molar-refractivity contribution in [3.63, 3.8) is 0 Å². The Bertz CT molecular complexity index is 345. The van der Waals surface area contributed by atoms with Gasteiger partial charge >= 0.3 is 0 Å². The monoisotopic (exact) mass is 195 g/mol. The maximum atomic E-state index is 9.76. The molecule has 2 N–H and O–H groups in total. The second-order valence-electron chi connectivity index (χ2n) is 4.01. The maximum absolute atomic E-state index is 9.76. The summed E-state index contributed by atoms with van der Waals surface area (Å²) in [4.78, 5) is 0. The fourth-order valence-corrected chi connectivity index (χ4v) is 2.00. The van der Waals surface area contributed by atoms with Gasteiger partial charge in [0.1, 0.15) is 0 Å². The third kappa shape index (κ3) is 1.35. The van der Waals surface area contributed by atoms with E-state index in [4.69, 9.17) is 0 Å². The number of nitrogens with zero attached hydrogens (tertiary/aromatic N) is 2. The summed E-state index contributed by atoms with van der Waals surface area (Å²) in [7, 11) is 1.94. The van der Waals surface area contributed by atoms with Crippen molar-refractivity contribution in [2.45, 2.75) is 32.4 Å². The summed E-state index contributed by atoms with van der Waals surface area (Å²) in [5, 5.41) is 17.5. The van der Waals surface area contributed by atoms with Crippen LogP contribution in [0.4, 0.5) is 0 Å². The summed E-state index contributed by atoms with van der Waals surface area (Å²) >= 11 is 0. The molecule has 1 fully saturated rings. The molecule has 0 saturated carbocycles. The standard InChI is InChI=1S/C10H17N3O/c1-6-7(2)13(3)12-9(6)10-8(14)4-5-11-10/h8,10-11,14H,4-5H2,1-3H3. The molecule has 2 heterocycles. The van der Waals surface area contributed by atoms with Crippen molar-refractivity contribution in [1.29, 1.82) is 0 Å². The van der Waals surface area contributed by atoms with Crippen LogP contribution in [0.25, 0.3) is 0 Å². The topological polar surface area (TPSA) is 50.1 Å². The Labute approximate surface area is 83.9 Å². The summed E-state index contributed by atoms with van der Waals surface area (Å²) in [5.41, 5.74) is 3.35. The lowest BCUT2D eigenvalue weighted by Gasteiger charge is -2.12. The molecule has 2 unspecified atom stereocenters. The first-order valence-corrected chi connectivity index (χ1v) is 5.03. The molecule has 0 aliphatic carbocycles. The van der Waals surface area contributed by atoms with E-state index in [0.29, 0.717) is 0 Å². The van der Waals surface area contributed by atoms with Gasteiger partial charge in [-0.15, -0.1) is 0 Å². The van der Waals surface area contributed by atoms with Crippen LogP contribution < -0.4 is 5.32 Å². The molecule has 0 radical (unpaired) electrons. The lowest BCUT2D eigenvalue weighted by atomic mass is 10.1. The van der Waals surface area contributed by atoms with Crippen LogP contribution in [0.1, 0.15) is 29.4 Å². The van der Waals surface area contributed by atoms with Crippen molar-refractivity contribution in [3.05, 3.63) is 17.0 Å². The second-order valence-corrected chi connectivity index (χ2v) is 4.01. The minimum absolute atomic E-state index is 0.0231. The van der Waals surface area contributed by atoms with E-state index in [1.165, 1.54) is 11.3 Å². The highest BCUT2D eigenvalue weighted by Gasteiger charge is 2.30. The molecule has 14 heavy (non-hydrogen) atoms. The van der Waals surface area contributed by atoms with Crippen molar-refractivity contribution < 1.29 is 5.11 Å². The molecule has 2 atom stereocenters. The highest BCUT2D eigenvalue weighted by atomic mass is 16.3. The highest BCUT2D eigenvalue weighted by Crippen LogP contribution is 2.26. The molecule has 0 amide bonds. The van der Waals surface area contributed by atoms with Gasteiger partial charge in [0.25, 0.3) is 0 Å². The highest BCUT2D eigenvalue weighted by molar-refractivity contribution is 5.27. The summed E-state index contributed by atoms with van der Waals surface area (Å²) in [6.07, 6.45) is 0.530. The number of hydrogen-bond donors (Lipinski definition) is 2. The van der Waals surface area contributed by atoms with Crippen LogP contribution in [0.15, 0.2) is 0 Å². The molecular weight excluding hydrogens is 178 g/mol. The number of aryl methyl sites for hydroxylation is 1. The summed E-state index contributed by atoms with van der Waals surface area (Å²) in [6, 6.07) is 0.0231. The second kappa shape index (κ2) is 3.37. The van der Waals surface area contributed by atoms with Crippen LogP contribution in [0.5, 0.6) is 0 Å². The molecule has 0 spiro atoms. The van der Waals surface area contributed by atoms with Crippen LogP contribution in [-0.4, -0.2) is 27.5 Å². The Balaban J connectivity index is 2.36. The van der Waals surface area contributed by atoms with Crippen LogP contribution in [0.2, 0.25) is 0 Å². The van der Waals surface area contributed by atoms with E-state index in [9.17, 15) is 5.11 Å². The van der Waals surface area contributed by atoms with Crippen molar-refractivity contribution >= 4 is 0 Å². The van der Waals surface area contributed by atoms with E-state index in [2.05, 4.69) is 17.3 Å². The zero-order chi connectivity index (χ0) is 10.3. The smallest absolute Gasteiger partial charge is 0.0852 e. The van der Waals surface area contributed by atoms with E-state index in [1.807, 2.05) is 18.7 Å². The third-order valence-corrected chi connectivity index (χ3v) is 3.15. The van der Waals surface area contributed by atoms with E-state index in [0.717, 1.165) is 18.7 Å². The first-order valence-electron chi connectivity index (χ1n) is 5.03. The summed E-state index contributed by atoms with van der Waals surface area (Å²) in [5.74, 6) is 0. The molecule has 1 aromatic heterocycles. The van der Waals surface area contributed by atoms with Gasteiger partial charge in [0, 0.05) is 12.7 Å². The predicted molar refractivity (Wildman–Crippen MR) is 54.0 cm³/mol. The van der Waals surface area contributed by atoms with Crippen molar-refractivity contribution in [2.75, 3.05) is 6.54 Å². The van der Waals surface area contributed by atoms with Crippen molar-refractivity contribution in [2.24, 2.45) is 7.05 Å². The van der Waals surface area contributed by atoms with Gasteiger partial charge in [-0.3, -0.25) is 4.68 Å². The van der Waals surface area contributed by atoms with Crippen LogP contribution in [0.3, 0.4) is 0 Å². The lowest BCUT2D eigenvalue weighted by molar-refractivity contribution is 0.158. The van der Waals surface area contributed by atoms with Crippen LogP contribution >= 0.6 is 0 Å². The molecule has 4 nitrogen and oxygen atoms in total. The molecule has 2 rings (SSSR count). The minimum atomic E-state index is -0.289. The quantitative estimate of drug-likeness (QED) is 0.683. The molecule has 1 aromatic rings. The molecule has 0 bridgehead atoms. The normalized spacial score (nSPS) is 27.1. The molecular formula is C10H17N3O. The first-order chi connectivity index (χ1) is 6.61. The van der Waals surface area contributed by atoms with Gasteiger partial charge in [-0.05, 0) is 32.4 Å². The molecule has 78 valence electrons. The zero-order valence-electron chi connectivity index (χ0n) is 8.91. The summed E-state index contributed by atoms with van der Waals surface area (Å²) in [6.45, 7) is 4.98. The SMILES string of the molecule is Cc1c(C2NCCC2O)nn(C)c1C. The van der Waals surface area contributed by atoms with Crippen LogP contribution in [0, 0.1) is 13.8 Å². The number of rotatable bonds is 1. The van der Waals surface area contributed by atoms with Gasteiger partial charge in [0.15, 0.2) is 0 Å². The van der Waals surface area contributed by atoms with E-state index < -0.39 is 0 Å².